The minimum Gasteiger partial charge on any atom is -0.486 e. The Balaban J connectivity index is 1.49. The summed E-state index contributed by atoms with van der Waals surface area (Å²) in [6, 6.07) is 13.7. The molecule has 3 rings (SSSR count). The van der Waals surface area contributed by atoms with Crippen molar-refractivity contribution in [2.75, 3.05) is 19.0 Å². The molecule has 0 aliphatic carbocycles. The molecule has 1 aliphatic heterocycles. The molecule has 1 atom stereocenters. The third-order valence-corrected chi connectivity index (χ3v) is 5.12. The number of halogens is 1. The Kier molecular flexibility index (Phi) is 6.10. The molecular formula is C19H20ClNO3S. The molecule has 132 valence electrons. The summed E-state index contributed by atoms with van der Waals surface area (Å²) in [5.74, 6) is 2.38. The topological polar surface area (TPSA) is 47.6 Å². The van der Waals surface area contributed by atoms with Gasteiger partial charge < -0.3 is 14.8 Å². The molecular weight excluding hydrogens is 358 g/mol. The van der Waals surface area contributed by atoms with E-state index in [1.807, 2.05) is 49.4 Å². The molecule has 4 nitrogen and oxygen atoms in total. The Morgan fingerprint density at radius 2 is 2.00 bits per heavy atom. The predicted octanol–water partition coefficient (Wildman–Crippen LogP) is 4.22. The second-order valence-corrected chi connectivity index (χ2v) is 7.19. The standard InChI is InChI=1S/C19H20ClNO3S/c1-13(15-5-3-2-4-6-15)21-18(22)12-25-11-14-9-16(20)19-17(10-14)23-7-8-24-19/h2-6,9-10,13H,7-8,11-12H2,1H3,(H,21,22)/t13-/m0/s1. The number of ether oxygens (including phenoxy) is 2. The second-order valence-electron chi connectivity index (χ2n) is 5.79. The van der Waals surface area contributed by atoms with Gasteiger partial charge in [-0.3, -0.25) is 4.79 Å². The van der Waals surface area contributed by atoms with E-state index >= 15 is 0 Å². The third kappa shape index (κ3) is 4.83. The lowest BCUT2D eigenvalue weighted by Crippen LogP contribution is -2.28. The summed E-state index contributed by atoms with van der Waals surface area (Å²) < 4.78 is 11.1. The van der Waals surface area contributed by atoms with E-state index in [4.69, 9.17) is 21.1 Å². The van der Waals surface area contributed by atoms with Crippen LogP contribution in [0.3, 0.4) is 0 Å². The first-order chi connectivity index (χ1) is 12.1. The van der Waals surface area contributed by atoms with Gasteiger partial charge in [-0.2, -0.15) is 0 Å². The molecule has 1 aliphatic rings. The van der Waals surface area contributed by atoms with Gasteiger partial charge in [0.05, 0.1) is 16.8 Å². The van der Waals surface area contributed by atoms with Crippen LogP contribution >= 0.6 is 23.4 Å². The van der Waals surface area contributed by atoms with Crippen LogP contribution in [0.4, 0.5) is 0 Å². The number of rotatable bonds is 6. The summed E-state index contributed by atoms with van der Waals surface area (Å²) in [4.78, 5) is 12.1. The maximum atomic E-state index is 12.1. The van der Waals surface area contributed by atoms with Crippen molar-refractivity contribution in [3.05, 3.63) is 58.6 Å². The van der Waals surface area contributed by atoms with Crippen LogP contribution in [0.1, 0.15) is 24.1 Å². The van der Waals surface area contributed by atoms with Gasteiger partial charge in [0.25, 0.3) is 0 Å². The van der Waals surface area contributed by atoms with Crippen molar-refractivity contribution in [1.82, 2.24) is 5.32 Å². The monoisotopic (exact) mass is 377 g/mol. The molecule has 6 heteroatoms. The van der Waals surface area contributed by atoms with Gasteiger partial charge in [-0.15, -0.1) is 11.8 Å². The van der Waals surface area contributed by atoms with Crippen molar-refractivity contribution < 1.29 is 14.3 Å². The predicted molar refractivity (Wildman–Crippen MR) is 102 cm³/mol. The third-order valence-electron chi connectivity index (χ3n) is 3.84. The summed E-state index contributed by atoms with van der Waals surface area (Å²) in [6.45, 7) is 3.03. The van der Waals surface area contributed by atoms with Crippen LogP contribution in [0, 0.1) is 0 Å². The maximum Gasteiger partial charge on any atom is 0.230 e. The summed E-state index contributed by atoms with van der Waals surface area (Å²) in [7, 11) is 0. The Hall–Kier alpha value is -1.85. The average Bonchev–Trinajstić information content (AvgIpc) is 2.62. The van der Waals surface area contributed by atoms with E-state index in [9.17, 15) is 4.79 Å². The van der Waals surface area contributed by atoms with E-state index in [0.717, 1.165) is 11.1 Å². The van der Waals surface area contributed by atoms with Crippen LogP contribution in [0.25, 0.3) is 0 Å². The van der Waals surface area contributed by atoms with E-state index in [1.54, 1.807) is 11.8 Å². The lowest BCUT2D eigenvalue weighted by Gasteiger charge is -2.20. The summed E-state index contributed by atoms with van der Waals surface area (Å²) >= 11 is 7.78. The van der Waals surface area contributed by atoms with Crippen molar-refractivity contribution in [2.45, 2.75) is 18.7 Å². The van der Waals surface area contributed by atoms with Crippen LogP contribution in [0.5, 0.6) is 11.5 Å². The van der Waals surface area contributed by atoms with Gasteiger partial charge in [0, 0.05) is 5.75 Å². The fourth-order valence-corrected chi connectivity index (χ4v) is 3.68. The highest BCUT2D eigenvalue weighted by Crippen LogP contribution is 2.39. The average molecular weight is 378 g/mol. The molecule has 0 saturated heterocycles. The van der Waals surface area contributed by atoms with E-state index in [0.29, 0.717) is 41.2 Å². The first-order valence-corrected chi connectivity index (χ1v) is 9.67. The molecule has 2 aromatic rings. The van der Waals surface area contributed by atoms with Gasteiger partial charge in [0.2, 0.25) is 5.91 Å². The molecule has 1 heterocycles. The summed E-state index contributed by atoms with van der Waals surface area (Å²) in [6.07, 6.45) is 0. The van der Waals surface area contributed by atoms with Crippen molar-refractivity contribution >= 4 is 29.3 Å². The number of thioether (sulfide) groups is 1. The Labute approximate surface area is 156 Å². The molecule has 0 unspecified atom stereocenters. The highest BCUT2D eigenvalue weighted by Gasteiger charge is 2.17. The molecule has 1 amide bonds. The molecule has 0 aromatic heterocycles. The summed E-state index contributed by atoms with van der Waals surface area (Å²) in [5.41, 5.74) is 2.11. The first kappa shape index (κ1) is 18.0. The number of fused-ring (bicyclic) bond motifs is 1. The zero-order valence-electron chi connectivity index (χ0n) is 14.0. The van der Waals surface area contributed by atoms with E-state index in [1.165, 1.54) is 0 Å². The van der Waals surface area contributed by atoms with E-state index in [-0.39, 0.29) is 11.9 Å². The molecule has 0 radical (unpaired) electrons. The number of hydrogen-bond acceptors (Lipinski definition) is 4. The normalized spacial score (nSPS) is 14.0. The van der Waals surface area contributed by atoms with Crippen LogP contribution in [-0.4, -0.2) is 24.9 Å². The van der Waals surface area contributed by atoms with Gasteiger partial charge in [-0.25, -0.2) is 0 Å². The molecule has 2 aromatic carbocycles. The Bertz CT molecular complexity index is 739. The minimum absolute atomic E-state index is 0.00182. The number of benzene rings is 2. The highest BCUT2D eigenvalue weighted by molar-refractivity contribution is 7.99. The quantitative estimate of drug-likeness (QED) is 0.818. The Morgan fingerprint density at radius 1 is 1.24 bits per heavy atom. The molecule has 25 heavy (non-hydrogen) atoms. The van der Waals surface area contributed by atoms with Gasteiger partial charge in [-0.1, -0.05) is 41.9 Å². The van der Waals surface area contributed by atoms with Crippen molar-refractivity contribution in [3.63, 3.8) is 0 Å². The molecule has 0 saturated carbocycles. The largest absolute Gasteiger partial charge is 0.486 e. The SMILES string of the molecule is C[C@H](NC(=O)CSCc1cc(Cl)c2c(c1)OCCO2)c1ccccc1. The highest BCUT2D eigenvalue weighted by atomic mass is 35.5. The fraction of sp³-hybridized carbons (Fsp3) is 0.316. The zero-order chi connectivity index (χ0) is 17.6. The minimum atomic E-state index is -0.00182. The van der Waals surface area contributed by atoms with Crippen LogP contribution in [0.15, 0.2) is 42.5 Å². The lowest BCUT2D eigenvalue weighted by atomic mass is 10.1. The van der Waals surface area contributed by atoms with Gasteiger partial charge >= 0.3 is 0 Å². The second kappa shape index (κ2) is 8.50. The number of amides is 1. The Morgan fingerprint density at radius 3 is 2.80 bits per heavy atom. The van der Waals surface area contributed by atoms with Crippen LogP contribution < -0.4 is 14.8 Å². The van der Waals surface area contributed by atoms with Crippen molar-refractivity contribution in [1.29, 1.82) is 0 Å². The first-order valence-electron chi connectivity index (χ1n) is 8.13. The molecule has 1 N–H and O–H groups in total. The van der Waals surface area contributed by atoms with Crippen LogP contribution in [0.2, 0.25) is 5.02 Å². The van der Waals surface area contributed by atoms with Gasteiger partial charge in [0.1, 0.15) is 13.2 Å². The van der Waals surface area contributed by atoms with E-state index in [2.05, 4.69) is 5.32 Å². The van der Waals surface area contributed by atoms with Crippen LogP contribution in [-0.2, 0) is 10.5 Å². The van der Waals surface area contributed by atoms with Crippen molar-refractivity contribution in [2.24, 2.45) is 0 Å². The molecule has 0 fully saturated rings. The number of carbonyl (C=O) groups excluding carboxylic acids is 1. The molecule has 0 bridgehead atoms. The number of nitrogens with one attached hydrogen (secondary N) is 1. The van der Waals surface area contributed by atoms with Gasteiger partial charge in [-0.05, 0) is 30.2 Å². The molecule has 0 spiro atoms. The van der Waals surface area contributed by atoms with E-state index < -0.39 is 0 Å². The van der Waals surface area contributed by atoms with Gasteiger partial charge in [0.15, 0.2) is 11.5 Å². The summed E-state index contributed by atoms with van der Waals surface area (Å²) in [5, 5.41) is 3.56. The maximum absolute atomic E-state index is 12.1. The van der Waals surface area contributed by atoms with Crippen molar-refractivity contribution in [3.8, 4) is 11.5 Å². The lowest BCUT2D eigenvalue weighted by molar-refractivity contribution is -0.119. The smallest absolute Gasteiger partial charge is 0.230 e. The number of carbonyl (C=O) groups is 1. The number of hydrogen-bond donors (Lipinski definition) is 1. The zero-order valence-corrected chi connectivity index (χ0v) is 15.5. The fourth-order valence-electron chi connectivity index (χ4n) is 2.62.